The highest BCUT2D eigenvalue weighted by Crippen LogP contribution is 2.17. The lowest BCUT2D eigenvalue weighted by Gasteiger charge is -2.18. The van der Waals surface area contributed by atoms with E-state index in [4.69, 9.17) is 14.2 Å². The van der Waals surface area contributed by atoms with Crippen molar-refractivity contribution in [3.05, 3.63) is 72.9 Å². The maximum atomic E-state index is 12.9. The topological polar surface area (TPSA) is 78.9 Å². The molecule has 0 rings (SSSR count). The minimum Gasteiger partial charge on any atom is -0.462 e. The fraction of sp³-hybridized carbons (Fsp3) is 0.783. The quantitative estimate of drug-likeness (QED) is 0.0261. The van der Waals surface area contributed by atoms with Crippen LogP contribution < -0.4 is 0 Å². The lowest BCUT2D eigenvalue weighted by Crippen LogP contribution is -2.30. The Morgan fingerprint density at radius 3 is 0.893 bits per heavy atom. The molecule has 0 saturated heterocycles. The predicted octanol–water partition coefficient (Wildman–Crippen LogP) is 22.1. The highest BCUT2D eigenvalue weighted by atomic mass is 16.6. The van der Waals surface area contributed by atoms with Crippen LogP contribution in [0.5, 0.6) is 0 Å². The van der Waals surface area contributed by atoms with Crippen LogP contribution in [0.3, 0.4) is 0 Å². The number of hydrogen-bond donors (Lipinski definition) is 0. The summed E-state index contributed by atoms with van der Waals surface area (Å²) in [5.41, 5.74) is 0. The van der Waals surface area contributed by atoms with Gasteiger partial charge in [0.1, 0.15) is 13.2 Å². The van der Waals surface area contributed by atoms with Crippen molar-refractivity contribution in [3.63, 3.8) is 0 Å². The van der Waals surface area contributed by atoms with Gasteiger partial charge in [-0.2, -0.15) is 0 Å². The predicted molar refractivity (Wildman–Crippen MR) is 325 cm³/mol. The van der Waals surface area contributed by atoms with Crippen molar-refractivity contribution in [2.75, 3.05) is 13.2 Å². The minimum absolute atomic E-state index is 0.0938. The average molecular weight is 1050 g/mol. The lowest BCUT2D eigenvalue weighted by molar-refractivity contribution is -0.166. The third-order valence-corrected chi connectivity index (χ3v) is 14.2. The Balaban J connectivity index is 4.27. The largest absolute Gasteiger partial charge is 0.462 e. The number of ether oxygens (including phenoxy) is 3. The molecule has 0 bridgehead atoms. The Bertz CT molecular complexity index is 1390. The molecule has 0 aliphatic carbocycles. The van der Waals surface area contributed by atoms with Gasteiger partial charge in [0.2, 0.25) is 0 Å². The molecule has 0 aliphatic rings. The van der Waals surface area contributed by atoms with Gasteiger partial charge in [-0.25, -0.2) is 0 Å². The van der Waals surface area contributed by atoms with Crippen LogP contribution in [0.2, 0.25) is 0 Å². The molecule has 0 radical (unpaired) electrons. The first kappa shape index (κ1) is 71.8. The number of esters is 3. The Hall–Kier alpha value is -3.15. The fourth-order valence-electron chi connectivity index (χ4n) is 9.37. The van der Waals surface area contributed by atoms with Crippen molar-refractivity contribution in [1.29, 1.82) is 0 Å². The summed E-state index contributed by atoms with van der Waals surface area (Å²) in [4.78, 5) is 38.2. The number of unbranched alkanes of at least 4 members (excludes halogenated alkanes) is 36. The second kappa shape index (κ2) is 63.4. The fourth-order valence-corrected chi connectivity index (χ4v) is 9.37. The second-order valence-electron chi connectivity index (χ2n) is 21.6. The number of allylic oxidation sites excluding steroid dienone is 12. The van der Waals surface area contributed by atoms with Crippen molar-refractivity contribution < 1.29 is 28.6 Å². The van der Waals surface area contributed by atoms with Crippen molar-refractivity contribution >= 4 is 17.9 Å². The molecule has 75 heavy (non-hydrogen) atoms. The van der Waals surface area contributed by atoms with Gasteiger partial charge in [-0.15, -0.1) is 0 Å². The standard InChI is InChI=1S/C69H122O6/c1-4-7-10-13-16-19-22-25-27-29-30-31-32-33-34-35-36-37-38-40-41-44-47-50-53-56-59-62-68(71)74-65-66(64-73-67(70)61-58-55-52-49-46-43-24-21-18-15-12-9-6-3)75-69(72)63-60-57-54-51-48-45-42-39-28-26-23-20-17-14-11-8-5-2/h9,12,18,21-22,25,29-30,43,46,52,55,66H,4-8,10-11,13-17,19-20,23-24,26-28,31-42,44-45,47-51,53-54,56-65H2,1-3H3/b12-9-,21-18-,25-22-,30-29-,46-43-,55-52-. The van der Waals surface area contributed by atoms with E-state index < -0.39 is 6.10 Å². The molecule has 0 aliphatic heterocycles. The van der Waals surface area contributed by atoms with Crippen LogP contribution in [-0.4, -0.2) is 37.2 Å². The Labute approximate surface area is 465 Å². The smallest absolute Gasteiger partial charge is 0.306 e. The maximum Gasteiger partial charge on any atom is 0.306 e. The van der Waals surface area contributed by atoms with Crippen molar-refractivity contribution in [2.24, 2.45) is 0 Å². The average Bonchev–Trinajstić information content (AvgIpc) is 3.41. The second-order valence-corrected chi connectivity index (χ2v) is 21.6. The first-order valence-corrected chi connectivity index (χ1v) is 32.4. The van der Waals surface area contributed by atoms with Gasteiger partial charge in [0.15, 0.2) is 6.10 Å². The third-order valence-electron chi connectivity index (χ3n) is 14.2. The number of carbonyl (C=O) groups is 3. The van der Waals surface area contributed by atoms with Crippen LogP contribution in [0, 0.1) is 0 Å². The van der Waals surface area contributed by atoms with Crippen LogP contribution in [0.1, 0.15) is 329 Å². The van der Waals surface area contributed by atoms with E-state index in [2.05, 4.69) is 87.6 Å². The molecule has 0 N–H and O–H groups in total. The van der Waals surface area contributed by atoms with E-state index in [0.717, 1.165) is 70.6 Å². The summed E-state index contributed by atoms with van der Waals surface area (Å²) in [5, 5.41) is 0. The summed E-state index contributed by atoms with van der Waals surface area (Å²) in [6, 6.07) is 0. The van der Waals surface area contributed by atoms with Gasteiger partial charge in [0, 0.05) is 19.3 Å². The van der Waals surface area contributed by atoms with E-state index in [1.54, 1.807) is 0 Å². The Kier molecular flexibility index (Phi) is 60.7. The first-order chi connectivity index (χ1) is 37.0. The zero-order valence-electron chi connectivity index (χ0n) is 49.8. The highest BCUT2D eigenvalue weighted by molar-refractivity contribution is 5.71. The van der Waals surface area contributed by atoms with Gasteiger partial charge in [-0.1, -0.05) is 306 Å². The van der Waals surface area contributed by atoms with E-state index in [-0.39, 0.29) is 37.5 Å². The number of carbonyl (C=O) groups excluding carboxylic acids is 3. The molecule has 6 nitrogen and oxygen atoms in total. The summed E-state index contributed by atoms with van der Waals surface area (Å²) in [6.45, 7) is 6.49. The van der Waals surface area contributed by atoms with Crippen LogP contribution in [0.4, 0.5) is 0 Å². The molecular weight excluding hydrogens is 925 g/mol. The van der Waals surface area contributed by atoms with Gasteiger partial charge in [-0.3, -0.25) is 14.4 Å². The van der Waals surface area contributed by atoms with Crippen molar-refractivity contribution in [3.8, 4) is 0 Å². The molecule has 0 aromatic carbocycles. The van der Waals surface area contributed by atoms with E-state index in [0.29, 0.717) is 19.3 Å². The molecule has 0 amide bonds. The number of rotatable bonds is 59. The molecular formula is C69H122O6. The SMILES string of the molecule is CC/C=C\C/C=C\C/C=C\C/C=C\CCC(=O)OCC(COC(=O)CCCCCCCCCCCCCCCCC/C=C\C/C=C\CCCCCCC)OC(=O)CCCCCCCCCCCCCCCCCCC. The van der Waals surface area contributed by atoms with Gasteiger partial charge in [0.05, 0.1) is 0 Å². The minimum atomic E-state index is -0.802. The van der Waals surface area contributed by atoms with Gasteiger partial charge >= 0.3 is 17.9 Å². The van der Waals surface area contributed by atoms with E-state index in [1.165, 1.54) is 212 Å². The van der Waals surface area contributed by atoms with Gasteiger partial charge in [0.25, 0.3) is 0 Å². The van der Waals surface area contributed by atoms with Gasteiger partial charge < -0.3 is 14.2 Å². The lowest BCUT2D eigenvalue weighted by atomic mass is 10.0. The molecule has 1 atom stereocenters. The summed E-state index contributed by atoms with van der Waals surface area (Å²) in [6.07, 6.45) is 82.2. The summed E-state index contributed by atoms with van der Waals surface area (Å²) < 4.78 is 16.9. The molecule has 1 unspecified atom stereocenters. The summed E-state index contributed by atoms with van der Waals surface area (Å²) in [5.74, 6) is -0.963. The van der Waals surface area contributed by atoms with E-state index in [9.17, 15) is 14.4 Å². The zero-order chi connectivity index (χ0) is 54.3. The zero-order valence-corrected chi connectivity index (χ0v) is 49.8. The van der Waals surface area contributed by atoms with Crippen LogP contribution in [0.25, 0.3) is 0 Å². The Morgan fingerprint density at radius 1 is 0.280 bits per heavy atom. The molecule has 0 heterocycles. The Morgan fingerprint density at radius 2 is 0.547 bits per heavy atom. The van der Waals surface area contributed by atoms with Crippen LogP contribution >= 0.6 is 0 Å². The highest BCUT2D eigenvalue weighted by Gasteiger charge is 2.19. The number of hydrogen-bond acceptors (Lipinski definition) is 6. The molecule has 434 valence electrons. The van der Waals surface area contributed by atoms with E-state index >= 15 is 0 Å². The van der Waals surface area contributed by atoms with Crippen molar-refractivity contribution in [1.82, 2.24) is 0 Å². The third kappa shape index (κ3) is 61.6. The van der Waals surface area contributed by atoms with Crippen LogP contribution in [-0.2, 0) is 28.6 Å². The normalized spacial score (nSPS) is 12.5. The molecule has 0 aromatic heterocycles. The molecule has 0 saturated carbocycles. The maximum absolute atomic E-state index is 12.9. The monoisotopic (exact) mass is 1050 g/mol. The van der Waals surface area contributed by atoms with E-state index in [1.807, 2.05) is 6.08 Å². The molecule has 0 spiro atoms. The molecule has 0 aromatic rings. The van der Waals surface area contributed by atoms with Crippen molar-refractivity contribution in [2.45, 2.75) is 335 Å². The molecule has 0 fully saturated rings. The van der Waals surface area contributed by atoms with Crippen LogP contribution in [0.15, 0.2) is 72.9 Å². The summed E-state index contributed by atoms with van der Waals surface area (Å²) >= 11 is 0. The summed E-state index contributed by atoms with van der Waals surface area (Å²) in [7, 11) is 0. The first-order valence-electron chi connectivity index (χ1n) is 32.4. The van der Waals surface area contributed by atoms with Gasteiger partial charge in [-0.05, 0) is 77.0 Å². The molecule has 6 heteroatoms.